The highest BCUT2D eigenvalue weighted by Crippen LogP contribution is 2.36. The number of nitrogens with zero attached hydrogens (tertiary/aromatic N) is 1. The van der Waals surface area contributed by atoms with Gasteiger partial charge in [-0.25, -0.2) is 0 Å². The minimum absolute atomic E-state index is 0.147. The molecule has 2 heterocycles. The maximum Gasteiger partial charge on any atom is 0.294 e. The first kappa shape index (κ1) is 14.5. The molecule has 1 aromatic carbocycles. The van der Waals surface area contributed by atoms with Crippen molar-refractivity contribution in [1.82, 2.24) is 0 Å². The highest BCUT2D eigenvalue weighted by atomic mass is 16.5. The van der Waals surface area contributed by atoms with E-state index in [9.17, 15) is 4.79 Å². The molecule has 0 fully saturated rings. The molecule has 0 aliphatic carbocycles. The molecule has 22 heavy (non-hydrogen) atoms. The standard InChI is InChI=1S/C17H19NO4/c1-11(2)13-6-8-22-16(13)17(19)18-7-9-21-15-5-4-12(20-3)10-14(15)18/h4-6,8,10-11H,7,9H2,1-3H3. The van der Waals surface area contributed by atoms with Gasteiger partial charge in [-0.2, -0.15) is 0 Å². The minimum atomic E-state index is -0.147. The summed E-state index contributed by atoms with van der Waals surface area (Å²) < 4.78 is 16.3. The van der Waals surface area contributed by atoms with Crippen LogP contribution >= 0.6 is 0 Å². The normalized spacial score (nSPS) is 13.7. The molecule has 5 heteroatoms. The molecule has 116 valence electrons. The number of hydrogen-bond acceptors (Lipinski definition) is 4. The maximum absolute atomic E-state index is 12.9. The van der Waals surface area contributed by atoms with Crippen LogP contribution in [0.25, 0.3) is 0 Å². The molecule has 1 amide bonds. The van der Waals surface area contributed by atoms with Crippen LogP contribution in [-0.2, 0) is 0 Å². The van der Waals surface area contributed by atoms with Gasteiger partial charge in [-0.1, -0.05) is 13.8 Å². The Kier molecular flexibility index (Phi) is 3.79. The summed E-state index contributed by atoms with van der Waals surface area (Å²) in [6, 6.07) is 7.30. The predicted octanol–water partition coefficient (Wildman–Crippen LogP) is 3.45. The fourth-order valence-electron chi connectivity index (χ4n) is 2.61. The van der Waals surface area contributed by atoms with E-state index in [1.807, 2.05) is 38.1 Å². The Labute approximate surface area is 129 Å². The number of benzene rings is 1. The second-order valence-electron chi connectivity index (χ2n) is 5.50. The third kappa shape index (κ3) is 2.43. The van der Waals surface area contributed by atoms with Crippen molar-refractivity contribution in [3.8, 4) is 11.5 Å². The molecule has 0 saturated heterocycles. The first-order valence-corrected chi connectivity index (χ1v) is 7.32. The van der Waals surface area contributed by atoms with Crippen LogP contribution in [0.1, 0.15) is 35.9 Å². The van der Waals surface area contributed by atoms with Gasteiger partial charge in [0.05, 0.1) is 25.6 Å². The van der Waals surface area contributed by atoms with Crippen LogP contribution in [0.4, 0.5) is 5.69 Å². The lowest BCUT2D eigenvalue weighted by Crippen LogP contribution is -2.38. The van der Waals surface area contributed by atoms with E-state index in [0.717, 1.165) is 5.56 Å². The van der Waals surface area contributed by atoms with E-state index in [1.165, 1.54) is 0 Å². The van der Waals surface area contributed by atoms with E-state index >= 15 is 0 Å². The molecule has 2 aromatic rings. The van der Waals surface area contributed by atoms with Crippen LogP contribution in [0, 0.1) is 0 Å². The van der Waals surface area contributed by atoms with E-state index in [-0.39, 0.29) is 11.8 Å². The highest BCUT2D eigenvalue weighted by molar-refractivity contribution is 6.06. The smallest absolute Gasteiger partial charge is 0.294 e. The molecule has 0 spiro atoms. The van der Waals surface area contributed by atoms with Gasteiger partial charge in [0.2, 0.25) is 0 Å². The first-order valence-electron chi connectivity index (χ1n) is 7.32. The van der Waals surface area contributed by atoms with E-state index < -0.39 is 0 Å². The monoisotopic (exact) mass is 301 g/mol. The zero-order valence-electron chi connectivity index (χ0n) is 13.0. The summed E-state index contributed by atoms with van der Waals surface area (Å²) in [5.74, 6) is 1.84. The van der Waals surface area contributed by atoms with Gasteiger partial charge in [0, 0.05) is 11.6 Å². The van der Waals surface area contributed by atoms with Crippen LogP contribution in [-0.4, -0.2) is 26.2 Å². The molecule has 0 atom stereocenters. The van der Waals surface area contributed by atoms with Crippen molar-refractivity contribution in [2.75, 3.05) is 25.2 Å². The van der Waals surface area contributed by atoms with E-state index in [0.29, 0.717) is 36.1 Å². The number of furan rings is 1. The molecular weight excluding hydrogens is 282 g/mol. The second kappa shape index (κ2) is 5.75. The molecule has 0 unspecified atom stereocenters. The van der Waals surface area contributed by atoms with Gasteiger partial charge in [-0.05, 0) is 24.1 Å². The molecule has 0 saturated carbocycles. The quantitative estimate of drug-likeness (QED) is 0.871. The van der Waals surface area contributed by atoms with E-state index in [4.69, 9.17) is 13.9 Å². The van der Waals surface area contributed by atoms with Gasteiger partial charge < -0.3 is 13.9 Å². The number of methoxy groups -OCH3 is 1. The summed E-state index contributed by atoms with van der Waals surface area (Å²) in [5, 5.41) is 0. The molecule has 1 aliphatic heterocycles. The molecule has 3 rings (SSSR count). The lowest BCUT2D eigenvalue weighted by atomic mass is 10.0. The van der Waals surface area contributed by atoms with Crippen molar-refractivity contribution in [3.05, 3.63) is 41.9 Å². The molecule has 1 aromatic heterocycles. The van der Waals surface area contributed by atoms with Gasteiger partial charge in [-0.15, -0.1) is 0 Å². The molecule has 0 bridgehead atoms. The maximum atomic E-state index is 12.9. The largest absolute Gasteiger partial charge is 0.497 e. The number of ether oxygens (including phenoxy) is 2. The van der Waals surface area contributed by atoms with E-state index in [1.54, 1.807) is 18.3 Å². The third-order valence-corrected chi connectivity index (χ3v) is 3.79. The number of carbonyl (C=O) groups is 1. The van der Waals surface area contributed by atoms with Crippen molar-refractivity contribution < 1.29 is 18.7 Å². The summed E-state index contributed by atoms with van der Waals surface area (Å²) >= 11 is 0. The Bertz CT molecular complexity index is 690. The van der Waals surface area contributed by atoms with Gasteiger partial charge >= 0.3 is 0 Å². The van der Waals surface area contributed by atoms with Crippen molar-refractivity contribution in [1.29, 1.82) is 0 Å². The topological polar surface area (TPSA) is 51.9 Å². The number of rotatable bonds is 3. The van der Waals surface area contributed by atoms with E-state index in [2.05, 4.69) is 0 Å². The molecular formula is C17H19NO4. The number of fused-ring (bicyclic) bond motifs is 1. The fourth-order valence-corrected chi connectivity index (χ4v) is 2.61. The first-order chi connectivity index (χ1) is 10.6. The summed E-state index contributed by atoms with van der Waals surface area (Å²) in [4.78, 5) is 14.6. The van der Waals surface area contributed by atoms with Gasteiger partial charge in [0.15, 0.2) is 5.76 Å². The average Bonchev–Trinajstić information content (AvgIpc) is 3.03. The molecule has 1 aliphatic rings. The average molecular weight is 301 g/mol. The second-order valence-corrected chi connectivity index (χ2v) is 5.50. The molecule has 0 radical (unpaired) electrons. The van der Waals surface area contributed by atoms with Crippen molar-refractivity contribution in [2.24, 2.45) is 0 Å². The summed E-state index contributed by atoms with van der Waals surface area (Å²) in [6.07, 6.45) is 1.56. The van der Waals surface area contributed by atoms with Gasteiger partial charge in [0.25, 0.3) is 5.91 Å². The third-order valence-electron chi connectivity index (χ3n) is 3.79. The summed E-state index contributed by atoms with van der Waals surface area (Å²) in [7, 11) is 1.60. The number of hydrogen-bond donors (Lipinski definition) is 0. The summed E-state index contributed by atoms with van der Waals surface area (Å²) in [6.45, 7) is 5.02. The van der Waals surface area contributed by atoms with Gasteiger partial charge in [0.1, 0.15) is 18.1 Å². The van der Waals surface area contributed by atoms with Crippen molar-refractivity contribution in [3.63, 3.8) is 0 Å². The number of carbonyl (C=O) groups excluding carboxylic acids is 1. The highest BCUT2D eigenvalue weighted by Gasteiger charge is 2.29. The van der Waals surface area contributed by atoms with Crippen molar-refractivity contribution in [2.45, 2.75) is 19.8 Å². The lowest BCUT2D eigenvalue weighted by Gasteiger charge is -2.29. The number of amides is 1. The number of anilines is 1. The fraction of sp³-hybridized carbons (Fsp3) is 0.353. The summed E-state index contributed by atoms with van der Waals surface area (Å²) in [5.41, 5.74) is 1.63. The van der Waals surface area contributed by atoms with Crippen molar-refractivity contribution >= 4 is 11.6 Å². The Morgan fingerprint density at radius 1 is 1.32 bits per heavy atom. The zero-order valence-corrected chi connectivity index (χ0v) is 13.0. The lowest BCUT2D eigenvalue weighted by molar-refractivity contribution is 0.0948. The van der Waals surface area contributed by atoms with Crippen LogP contribution in [0.15, 0.2) is 34.9 Å². The van der Waals surface area contributed by atoms with Gasteiger partial charge in [-0.3, -0.25) is 9.69 Å². The Morgan fingerprint density at radius 3 is 2.86 bits per heavy atom. The Balaban J connectivity index is 2.00. The Morgan fingerprint density at radius 2 is 2.14 bits per heavy atom. The van der Waals surface area contributed by atoms with Crippen LogP contribution in [0.5, 0.6) is 11.5 Å². The molecule has 0 N–H and O–H groups in total. The zero-order chi connectivity index (χ0) is 15.7. The molecule has 5 nitrogen and oxygen atoms in total. The minimum Gasteiger partial charge on any atom is -0.497 e. The van der Waals surface area contributed by atoms with Crippen LogP contribution in [0.3, 0.4) is 0 Å². The Hall–Kier alpha value is -2.43. The van der Waals surface area contributed by atoms with Crippen LogP contribution < -0.4 is 14.4 Å². The predicted molar refractivity (Wildman–Crippen MR) is 83.0 cm³/mol. The SMILES string of the molecule is COc1ccc2c(c1)N(C(=O)c1occc1C(C)C)CCO2. The van der Waals surface area contributed by atoms with Crippen LogP contribution in [0.2, 0.25) is 0 Å².